The Balaban J connectivity index is 4.54. The minimum Gasteiger partial charge on any atom is -0.480 e. The molecule has 0 aliphatic carbocycles. The number of hydrogen-bond donors (Lipinski definition) is 3. The molecule has 6 nitrogen and oxygen atoms in total. The van der Waals surface area contributed by atoms with Gasteiger partial charge in [0.2, 0.25) is 0 Å². The van der Waals surface area contributed by atoms with E-state index in [-0.39, 0.29) is 12.0 Å². The Morgan fingerprint density at radius 1 is 1.00 bits per heavy atom. The fourth-order valence-electron chi connectivity index (χ4n) is 2.27. The fraction of sp³-hybridized carbons (Fsp3) is 0.867. The standard InChI is InChI=1S/C15H31N3O3/c1-10(2)7-12(9-18(5)6)16-15(21)17-13(14(19)20)8-11(3)4/h10-13H,7-9H2,1-6H3,(H,19,20)(H2,16,17,21)/t12?,13-/m0/s1. The van der Waals surface area contributed by atoms with Gasteiger partial charge in [0.25, 0.3) is 0 Å². The third kappa shape index (κ3) is 10.1. The van der Waals surface area contributed by atoms with Crippen LogP contribution in [0.2, 0.25) is 0 Å². The maximum absolute atomic E-state index is 12.0. The van der Waals surface area contributed by atoms with E-state index in [1.54, 1.807) is 0 Å². The molecule has 124 valence electrons. The van der Waals surface area contributed by atoms with E-state index in [4.69, 9.17) is 5.11 Å². The lowest BCUT2D eigenvalue weighted by Gasteiger charge is -2.25. The van der Waals surface area contributed by atoms with Crippen LogP contribution in [0, 0.1) is 11.8 Å². The zero-order chi connectivity index (χ0) is 16.6. The van der Waals surface area contributed by atoms with E-state index in [9.17, 15) is 9.59 Å². The van der Waals surface area contributed by atoms with Crippen LogP contribution in [0.1, 0.15) is 40.5 Å². The summed E-state index contributed by atoms with van der Waals surface area (Å²) in [6.45, 7) is 8.79. The third-order valence-electron chi connectivity index (χ3n) is 2.99. The Morgan fingerprint density at radius 3 is 1.90 bits per heavy atom. The molecule has 0 aromatic heterocycles. The fourth-order valence-corrected chi connectivity index (χ4v) is 2.27. The molecule has 0 saturated carbocycles. The number of nitrogens with zero attached hydrogens (tertiary/aromatic N) is 1. The summed E-state index contributed by atoms with van der Waals surface area (Å²) in [5.74, 6) is -0.326. The van der Waals surface area contributed by atoms with Gasteiger partial charge in [0.05, 0.1) is 0 Å². The highest BCUT2D eigenvalue weighted by atomic mass is 16.4. The Kier molecular flexibility index (Phi) is 9.01. The van der Waals surface area contributed by atoms with E-state index in [0.717, 1.165) is 13.0 Å². The molecule has 2 atom stereocenters. The summed E-state index contributed by atoms with van der Waals surface area (Å²) in [6.07, 6.45) is 1.28. The molecule has 0 radical (unpaired) electrons. The average Bonchev–Trinajstić information content (AvgIpc) is 2.24. The number of rotatable bonds is 9. The molecule has 21 heavy (non-hydrogen) atoms. The highest BCUT2D eigenvalue weighted by Gasteiger charge is 2.22. The van der Waals surface area contributed by atoms with Gasteiger partial charge in [-0.2, -0.15) is 0 Å². The second-order valence-electron chi connectivity index (χ2n) is 6.73. The summed E-state index contributed by atoms with van der Waals surface area (Å²) in [5, 5.41) is 14.6. The Labute approximate surface area is 128 Å². The van der Waals surface area contributed by atoms with Gasteiger partial charge in [-0.1, -0.05) is 27.7 Å². The highest BCUT2D eigenvalue weighted by Crippen LogP contribution is 2.07. The second-order valence-corrected chi connectivity index (χ2v) is 6.73. The number of likely N-dealkylation sites (N-methyl/N-ethyl adjacent to an activating group) is 1. The van der Waals surface area contributed by atoms with Gasteiger partial charge in [-0.3, -0.25) is 0 Å². The summed E-state index contributed by atoms with van der Waals surface area (Å²) in [5.41, 5.74) is 0. The molecule has 0 aliphatic heterocycles. The monoisotopic (exact) mass is 301 g/mol. The van der Waals surface area contributed by atoms with Crippen LogP contribution >= 0.6 is 0 Å². The molecule has 1 unspecified atom stereocenters. The summed E-state index contributed by atoms with van der Waals surface area (Å²) in [7, 11) is 3.90. The average molecular weight is 301 g/mol. The van der Waals surface area contributed by atoms with Crippen molar-refractivity contribution in [2.75, 3.05) is 20.6 Å². The van der Waals surface area contributed by atoms with Crippen molar-refractivity contribution in [1.82, 2.24) is 15.5 Å². The summed E-state index contributed by atoms with van der Waals surface area (Å²) < 4.78 is 0. The van der Waals surface area contributed by atoms with E-state index < -0.39 is 18.0 Å². The Bertz CT molecular complexity index is 320. The zero-order valence-corrected chi connectivity index (χ0v) is 14.1. The maximum atomic E-state index is 12.0. The lowest BCUT2D eigenvalue weighted by atomic mass is 10.0. The topological polar surface area (TPSA) is 81.7 Å². The van der Waals surface area contributed by atoms with Crippen molar-refractivity contribution in [2.24, 2.45) is 11.8 Å². The minimum atomic E-state index is -0.994. The molecule has 0 spiro atoms. The Morgan fingerprint density at radius 2 is 1.52 bits per heavy atom. The van der Waals surface area contributed by atoms with Crippen LogP contribution in [0.4, 0.5) is 4.79 Å². The second kappa shape index (κ2) is 9.60. The van der Waals surface area contributed by atoms with E-state index in [1.807, 2.05) is 32.8 Å². The summed E-state index contributed by atoms with van der Waals surface area (Å²) in [6, 6.07) is -1.24. The molecule has 6 heteroatoms. The predicted octanol–water partition coefficient (Wildman–Crippen LogP) is 1.76. The smallest absolute Gasteiger partial charge is 0.326 e. The van der Waals surface area contributed by atoms with Gasteiger partial charge in [-0.15, -0.1) is 0 Å². The van der Waals surface area contributed by atoms with E-state index in [1.165, 1.54) is 0 Å². The molecule has 0 rings (SSSR count). The van der Waals surface area contributed by atoms with Gasteiger partial charge >= 0.3 is 12.0 Å². The first-order chi connectivity index (χ1) is 9.61. The van der Waals surface area contributed by atoms with Crippen molar-refractivity contribution in [3.8, 4) is 0 Å². The van der Waals surface area contributed by atoms with Crippen molar-refractivity contribution >= 4 is 12.0 Å². The van der Waals surface area contributed by atoms with Crippen LogP contribution in [-0.4, -0.2) is 54.7 Å². The van der Waals surface area contributed by atoms with Gasteiger partial charge in [0.15, 0.2) is 0 Å². The van der Waals surface area contributed by atoms with Gasteiger partial charge in [0.1, 0.15) is 6.04 Å². The lowest BCUT2D eigenvalue weighted by molar-refractivity contribution is -0.139. The molecule has 2 amide bonds. The van der Waals surface area contributed by atoms with E-state index in [0.29, 0.717) is 12.3 Å². The molecule has 0 fully saturated rings. The number of hydrogen-bond acceptors (Lipinski definition) is 3. The quantitative estimate of drug-likeness (QED) is 0.606. The van der Waals surface area contributed by atoms with Crippen molar-refractivity contribution in [3.05, 3.63) is 0 Å². The molecule has 3 N–H and O–H groups in total. The first-order valence-corrected chi connectivity index (χ1v) is 7.56. The van der Waals surface area contributed by atoms with Crippen molar-refractivity contribution in [2.45, 2.75) is 52.6 Å². The van der Waals surface area contributed by atoms with Gasteiger partial charge in [-0.25, -0.2) is 9.59 Å². The number of urea groups is 1. The van der Waals surface area contributed by atoms with Crippen molar-refractivity contribution in [3.63, 3.8) is 0 Å². The molecule has 0 aliphatic rings. The van der Waals surface area contributed by atoms with Gasteiger partial charge in [0, 0.05) is 12.6 Å². The molecule has 0 aromatic carbocycles. The maximum Gasteiger partial charge on any atom is 0.326 e. The van der Waals surface area contributed by atoms with Crippen LogP contribution in [0.3, 0.4) is 0 Å². The molecule has 0 bridgehead atoms. The largest absolute Gasteiger partial charge is 0.480 e. The highest BCUT2D eigenvalue weighted by molar-refractivity contribution is 5.82. The van der Waals surface area contributed by atoms with Crippen LogP contribution in [0.5, 0.6) is 0 Å². The summed E-state index contributed by atoms with van der Waals surface area (Å²) in [4.78, 5) is 25.2. The number of carbonyl (C=O) groups is 2. The molecule has 0 aromatic rings. The predicted molar refractivity (Wildman–Crippen MR) is 84.3 cm³/mol. The molecule has 0 heterocycles. The number of amides is 2. The Hall–Kier alpha value is -1.30. The normalized spacial score (nSPS) is 14.3. The first kappa shape index (κ1) is 19.7. The zero-order valence-electron chi connectivity index (χ0n) is 14.1. The van der Waals surface area contributed by atoms with Gasteiger partial charge in [-0.05, 0) is 38.8 Å². The van der Waals surface area contributed by atoms with Crippen molar-refractivity contribution < 1.29 is 14.7 Å². The number of carbonyl (C=O) groups excluding carboxylic acids is 1. The van der Waals surface area contributed by atoms with Crippen LogP contribution in [0.15, 0.2) is 0 Å². The van der Waals surface area contributed by atoms with E-state index >= 15 is 0 Å². The first-order valence-electron chi connectivity index (χ1n) is 7.56. The van der Waals surface area contributed by atoms with Crippen molar-refractivity contribution in [1.29, 1.82) is 0 Å². The van der Waals surface area contributed by atoms with Crippen LogP contribution in [-0.2, 0) is 4.79 Å². The van der Waals surface area contributed by atoms with Gasteiger partial charge < -0.3 is 20.6 Å². The molecule has 0 saturated heterocycles. The third-order valence-corrected chi connectivity index (χ3v) is 2.99. The summed E-state index contributed by atoms with van der Waals surface area (Å²) >= 11 is 0. The number of carboxylic acid groups (broad SMARTS) is 1. The van der Waals surface area contributed by atoms with E-state index in [2.05, 4.69) is 24.5 Å². The van der Waals surface area contributed by atoms with Crippen LogP contribution in [0.25, 0.3) is 0 Å². The number of nitrogens with one attached hydrogen (secondary N) is 2. The van der Waals surface area contributed by atoms with Crippen LogP contribution < -0.4 is 10.6 Å². The minimum absolute atomic E-state index is 0.00787. The molecular weight excluding hydrogens is 270 g/mol. The lowest BCUT2D eigenvalue weighted by Crippen LogP contribution is -2.51. The number of carboxylic acids is 1. The SMILES string of the molecule is CC(C)CC(CN(C)C)NC(=O)N[C@@H](CC(C)C)C(=O)O. The molecular formula is C15H31N3O3. The number of aliphatic carboxylic acids is 1.